The van der Waals surface area contributed by atoms with Crippen LogP contribution in [0.25, 0.3) is 0 Å². The van der Waals surface area contributed by atoms with Crippen molar-refractivity contribution in [1.82, 2.24) is 0 Å². The Labute approximate surface area is 414 Å². The highest BCUT2D eigenvalue weighted by molar-refractivity contribution is 5.72. The van der Waals surface area contributed by atoms with E-state index in [2.05, 4.69) is 93.7 Å². The number of allylic oxidation sites excluding steroid dienone is 13. The Bertz CT molecular complexity index is 1300. The minimum atomic E-state index is -0.818. The van der Waals surface area contributed by atoms with Gasteiger partial charge in [0.15, 0.2) is 6.10 Å². The summed E-state index contributed by atoms with van der Waals surface area (Å²) in [6, 6.07) is 0. The van der Waals surface area contributed by atoms with Gasteiger partial charge in [-0.15, -0.1) is 0 Å². The molecule has 0 aromatic carbocycles. The van der Waals surface area contributed by atoms with E-state index in [0.717, 1.165) is 83.5 Å². The highest BCUT2D eigenvalue weighted by Gasteiger charge is 2.19. The molecule has 0 rings (SSSR count). The molecule has 0 saturated carbocycles. The molecular weight excluding hydrogens is 829 g/mol. The first kappa shape index (κ1) is 63.6. The predicted molar refractivity (Wildman–Crippen MR) is 288 cm³/mol. The lowest BCUT2D eigenvalue weighted by Crippen LogP contribution is -2.30. The molecule has 0 radical (unpaired) electrons. The first-order valence-corrected chi connectivity index (χ1v) is 28.1. The van der Waals surface area contributed by atoms with Crippen molar-refractivity contribution in [1.29, 1.82) is 0 Å². The number of carbonyl (C=O) groups is 3. The van der Waals surface area contributed by atoms with E-state index in [1.54, 1.807) is 6.08 Å². The highest BCUT2D eigenvalue weighted by Crippen LogP contribution is 2.15. The lowest BCUT2D eigenvalue weighted by molar-refractivity contribution is -0.166. The summed E-state index contributed by atoms with van der Waals surface area (Å²) in [4.78, 5) is 38.1. The van der Waals surface area contributed by atoms with Gasteiger partial charge in [0, 0.05) is 12.8 Å². The molecule has 384 valence electrons. The maximum atomic E-state index is 12.8. The second-order valence-electron chi connectivity index (χ2n) is 18.5. The second kappa shape index (κ2) is 55.2. The number of ether oxygens (including phenoxy) is 3. The largest absolute Gasteiger partial charge is 0.462 e. The van der Waals surface area contributed by atoms with E-state index in [0.29, 0.717) is 12.8 Å². The van der Waals surface area contributed by atoms with E-state index in [9.17, 15) is 14.4 Å². The number of carbonyl (C=O) groups excluding carboxylic acids is 3. The molecule has 0 aliphatic heterocycles. The Morgan fingerprint density at radius 2 is 0.642 bits per heavy atom. The van der Waals surface area contributed by atoms with E-state index >= 15 is 0 Å². The number of hydrogen-bond acceptors (Lipinski definition) is 6. The molecule has 0 aliphatic carbocycles. The van der Waals surface area contributed by atoms with Crippen LogP contribution >= 0.6 is 0 Å². The molecule has 0 bridgehead atoms. The van der Waals surface area contributed by atoms with E-state index in [1.807, 2.05) is 6.08 Å². The maximum Gasteiger partial charge on any atom is 0.309 e. The molecule has 0 aromatic heterocycles. The summed E-state index contributed by atoms with van der Waals surface area (Å²) in [6.45, 7) is 6.43. The molecule has 1 atom stereocenters. The van der Waals surface area contributed by atoms with Crippen molar-refractivity contribution < 1.29 is 28.6 Å². The van der Waals surface area contributed by atoms with Crippen molar-refractivity contribution in [3.05, 3.63) is 85.1 Å². The minimum Gasteiger partial charge on any atom is -0.462 e. The fourth-order valence-corrected chi connectivity index (χ4v) is 7.72. The van der Waals surface area contributed by atoms with Gasteiger partial charge >= 0.3 is 17.9 Å². The second-order valence-corrected chi connectivity index (χ2v) is 18.5. The van der Waals surface area contributed by atoms with E-state index in [4.69, 9.17) is 14.2 Å². The van der Waals surface area contributed by atoms with Gasteiger partial charge in [-0.2, -0.15) is 0 Å². The fourth-order valence-electron chi connectivity index (χ4n) is 7.72. The smallest absolute Gasteiger partial charge is 0.309 e. The normalized spacial score (nSPS) is 12.7. The summed E-state index contributed by atoms with van der Waals surface area (Å²) in [7, 11) is 0. The van der Waals surface area contributed by atoms with E-state index in [-0.39, 0.29) is 31.6 Å². The molecule has 67 heavy (non-hydrogen) atoms. The van der Waals surface area contributed by atoms with Crippen molar-refractivity contribution in [2.75, 3.05) is 13.2 Å². The first-order chi connectivity index (χ1) is 33.0. The van der Waals surface area contributed by atoms with Crippen molar-refractivity contribution in [3.8, 4) is 0 Å². The average Bonchev–Trinajstić information content (AvgIpc) is 3.33. The fraction of sp³-hybridized carbons (Fsp3) is 0.721. The Kier molecular flexibility index (Phi) is 52.4. The van der Waals surface area contributed by atoms with Gasteiger partial charge in [-0.1, -0.05) is 254 Å². The van der Waals surface area contributed by atoms with Crippen LogP contribution in [0.3, 0.4) is 0 Å². The Hall–Kier alpha value is -3.41. The average molecular weight is 933 g/mol. The van der Waals surface area contributed by atoms with Crippen molar-refractivity contribution >= 4 is 17.9 Å². The number of rotatable bonds is 50. The highest BCUT2D eigenvalue weighted by atomic mass is 16.6. The van der Waals surface area contributed by atoms with Crippen molar-refractivity contribution in [2.24, 2.45) is 0 Å². The van der Waals surface area contributed by atoms with Crippen molar-refractivity contribution in [3.63, 3.8) is 0 Å². The molecule has 0 aromatic rings. The SMILES string of the molecule is CC/C=C\C/C=C\C/C=C\C/C=C\C/C=C\CC(=O)OCC(COC(=O)CCCCCCCCC/C=C\C/C=C\CCCCCC)OC(=O)CCCCCCCCCCCCCCCCCC. The zero-order chi connectivity index (χ0) is 48.6. The molecule has 0 fully saturated rings. The molecule has 6 nitrogen and oxygen atoms in total. The van der Waals surface area contributed by atoms with Crippen LogP contribution in [-0.4, -0.2) is 37.2 Å². The topological polar surface area (TPSA) is 78.9 Å². The Balaban J connectivity index is 4.48. The van der Waals surface area contributed by atoms with Gasteiger partial charge in [0.05, 0.1) is 6.42 Å². The van der Waals surface area contributed by atoms with Gasteiger partial charge < -0.3 is 14.2 Å². The van der Waals surface area contributed by atoms with Crippen LogP contribution in [-0.2, 0) is 28.6 Å². The van der Waals surface area contributed by atoms with E-state index in [1.165, 1.54) is 141 Å². The number of esters is 3. The van der Waals surface area contributed by atoms with Gasteiger partial charge in [-0.25, -0.2) is 0 Å². The molecule has 0 aliphatic rings. The summed E-state index contributed by atoms with van der Waals surface area (Å²) in [5.41, 5.74) is 0. The van der Waals surface area contributed by atoms with E-state index < -0.39 is 12.1 Å². The van der Waals surface area contributed by atoms with Gasteiger partial charge in [-0.05, 0) is 77.0 Å². The van der Waals surface area contributed by atoms with Crippen LogP contribution in [0.4, 0.5) is 0 Å². The quantitative estimate of drug-likeness (QED) is 0.0262. The molecule has 6 heteroatoms. The standard InChI is InChI=1S/C61H104O6/c1-4-7-10-13-16-19-22-25-28-30-31-34-36-39-42-45-48-51-54-60(63)66-57-58(56-65-59(62)53-50-47-44-41-38-35-32-27-24-21-18-15-12-9-6-3)67-61(64)55-52-49-46-43-40-37-33-29-26-23-20-17-14-11-8-5-2/h9,12,18-19,21-22,27-28,30,32,38,41,47,50,58H,4-8,10-11,13-17,20,23-26,29,31,33-37,39-40,42-46,48-49,51-57H2,1-3H3/b12-9-,21-18-,22-19-,30-28-,32-27-,41-38-,50-47-. The summed E-state index contributed by atoms with van der Waals surface area (Å²) in [5, 5.41) is 0. The molecule has 0 spiro atoms. The molecule has 0 amide bonds. The first-order valence-electron chi connectivity index (χ1n) is 28.1. The van der Waals surface area contributed by atoms with Crippen LogP contribution < -0.4 is 0 Å². The van der Waals surface area contributed by atoms with Crippen molar-refractivity contribution in [2.45, 2.75) is 271 Å². The zero-order valence-corrected chi connectivity index (χ0v) is 43.9. The lowest BCUT2D eigenvalue weighted by atomic mass is 10.0. The molecule has 1 unspecified atom stereocenters. The lowest BCUT2D eigenvalue weighted by Gasteiger charge is -2.18. The van der Waals surface area contributed by atoms with Crippen LogP contribution in [0.15, 0.2) is 85.1 Å². The summed E-state index contributed by atoms with van der Waals surface area (Å²) < 4.78 is 16.7. The molecule has 0 N–H and O–H groups in total. The van der Waals surface area contributed by atoms with Crippen LogP contribution in [0.2, 0.25) is 0 Å². The third-order valence-electron chi connectivity index (χ3n) is 11.9. The van der Waals surface area contributed by atoms with Gasteiger partial charge in [0.2, 0.25) is 0 Å². The van der Waals surface area contributed by atoms with Crippen LogP contribution in [0.5, 0.6) is 0 Å². The Morgan fingerprint density at radius 1 is 0.328 bits per heavy atom. The Morgan fingerprint density at radius 3 is 1.06 bits per heavy atom. The van der Waals surface area contributed by atoms with Gasteiger partial charge in [-0.3, -0.25) is 14.4 Å². The summed E-state index contributed by atoms with van der Waals surface area (Å²) >= 11 is 0. The van der Waals surface area contributed by atoms with Gasteiger partial charge in [0.1, 0.15) is 13.2 Å². The molecular formula is C61H104O6. The predicted octanol–water partition coefficient (Wildman–Crippen LogP) is 18.8. The van der Waals surface area contributed by atoms with Crippen LogP contribution in [0.1, 0.15) is 265 Å². The summed E-state index contributed by atoms with van der Waals surface area (Å²) in [5.74, 6) is -1.04. The number of unbranched alkanes of at least 4 members (excludes halogenated alkanes) is 26. The van der Waals surface area contributed by atoms with Gasteiger partial charge in [0.25, 0.3) is 0 Å². The third-order valence-corrected chi connectivity index (χ3v) is 11.9. The molecule has 0 heterocycles. The zero-order valence-electron chi connectivity index (χ0n) is 43.9. The molecule has 0 saturated heterocycles. The number of hydrogen-bond donors (Lipinski definition) is 0. The third kappa shape index (κ3) is 53.4. The maximum absolute atomic E-state index is 12.8. The minimum absolute atomic E-state index is 0.109. The monoisotopic (exact) mass is 933 g/mol. The summed E-state index contributed by atoms with van der Waals surface area (Å²) in [6.07, 6.45) is 71.6. The van der Waals surface area contributed by atoms with Crippen LogP contribution in [0, 0.1) is 0 Å².